The SMILES string of the molecule is CC(C)(C)CCNCC(O)COC1CCCCC1. The zero-order chi connectivity index (χ0) is 13.4. The topological polar surface area (TPSA) is 41.5 Å². The number of rotatable bonds is 7. The average Bonchev–Trinajstić information content (AvgIpc) is 2.32. The number of hydrogen-bond acceptors (Lipinski definition) is 3. The van der Waals surface area contributed by atoms with Crippen LogP contribution in [0.2, 0.25) is 0 Å². The first-order valence-electron chi connectivity index (χ1n) is 7.48. The lowest BCUT2D eigenvalue weighted by Gasteiger charge is -2.24. The molecule has 1 unspecified atom stereocenters. The first-order valence-corrected chi connectivity index (χ1v) is 7.48. The predicted molar refractivity (Wildman–Crippen MR) is 75.8 cm³/mol. The second-order valence-electron chi connectivity index (χ2n) is 6.76. The van der Waals surface area contributed by atoms with Crippen LogP contribution in [-0.4, -0.2) is 37.0 Å². The van der Waals surface area contributed by atoms with Gasteiger partial charge >= 0.3 is 0 Å². The molecular formula is C15H31NO2. The molecule has 3 heteroatoms. The maximum Gasteiger partial charge on any atom is 0.0897 e. The highest BCUT2D eigenvalue weighted by atomic mass is 16.5. The summed E-state index contributed by atoms with van der Waals surface area (Å²) in [5.41, 5.74) is 0.358. The minimum Gasteiger partial charge on any atom is -0.389 e. The standard InChI is InChI=1S/C15H31NO2/c1-15(2,3)9-10-16-11-13(17)12-18-14-7-5-4-6-8-14/h13-14,16-17H,4-12H2,1-3H3. The van der Waals surface area contributed by atoms with Crippen molar-refractivity contribution in [2.45, 2.75) is 71.5 Å². The molecule has 0 aromatic rings. The van der Waals surface area contributed by atoms with Crippen LogP contribution in [0, 0.1) is 5.41 Å². The van der Waals surface area contributed by atoms with Crippen LogP contribution >= 0.6 is 0 Å². The minimum absolute atomic E-state index is 0.358. The van der Waals surface area contributed by atoms with Crippen molar-refractivity contribution in [3.63, 3.8) is 0 Å². The van der Waals surface area contributed by atoms with Crippen molar-refractivity contribution >= 4 is 0 Å². The van der Waals surface area contributed by atoms with Crippen LogP contribution in [0.5, 0.6) is 0 Å². The molecule has 0 spiro atoms. The summed E-state index contributed by atoms with van der Waals surface area (Å²) in [6, 6.07) is 0. The van der Waals surface area contributed by atoms with E-state index in [1.807, 2.05) is 0 Å². The van der Waals surface area contributed by atoms with Gasteiger partial charge in [0.05, 0.1) is 18.8 Å². The first-order chi connectivity index (χ1) is 8.47. The van der Waals surface area contributed by atoms with E-state index in [4.69, 9.17) is 4.74 Å². The van der Waals surface area contributed by atoms with Gasteiger partial charge in [0, 0.05) is 6.54 Å². The van der Waals surface area contributed by atoms with Gasteiger partial charge in [-0.15, -0.1) is 0 Å². The Bertz CT molecular complexity index is 207. The third-order valence-corrected chi connectivity index (χ3v) is 3.51. The molecule has 108 valence electrons. The van der Waals surface area contributed by atoms with Crippen molar-refractivity contribution in [2.24, 2.45) is 5.41 Å². The largest absolute Gasteiger partial charge is 0.389 e. The molecule has 1 aliphatic carbocycles. The van der Waals surface area contributed by atoms with Gasteiger partial charge in [-0.25, -0.2) is 0 Å². The number of hydrogen-bond donors (Lipinski definition) is 2. The monoisotopic (exact) mass is 257 g/mol. The molecule has 0 amide bonds. The van der Waals surface area contributed by atoms with Gasteiger partial charge in [0.2, 0.25) is 0 Å². The maximum atomic E-state index is 9.82. The third kappa shape index (κ3) is 8.06. The van der Waals surface area contributed by atoms with Gasteiger partial charge in [-0.3, -0.25) is 0 Å². The molecule has 1 fully saturated rings. The molecule has 1 atom stereocenters. The summed E-state index contributed by atoms with van der Waals surface area (Å²) in [4.78, 5) is 0. The molecule has 1 saturated carbocycles. The highest BCUT2D eigenvalue weighted by molar-refractivity contribution is 4.68. The van der Waals surface area contributed by atoms with E-state index in [9.17, 15) is 5.11 Å². The van der Waals surface area contributed by atoms with E-state index in [0.717, 1.165) is 13.0 Å². The van der Waals surface area contributed by atoms with Crippen LogP contribution in [-0.2, 0) is 4.74 Å². The van der Waals surface area contributed by atoms with E-state index in [2.05, 4.69) is 26.1 Å². The van der Waals surface area contributed by atoms with Gasteiger partial charge in [-0.1, -0.05) is 40.0 Å². The normalized spacial score (nSPS) is 20.0. The summed E-state index contributed by atoms with van der Waals surface area (Å²) in [5, 5.41) is 13.1. The van der Waals surface area contributed by atoms with Crippen LogP contribution < -0.4 is 5.32 Å². The Labute approximate surface area is 112 Å². The summed E-state index contributed by atoms with van der Waals surface area (Å²) in [6.45, 7) is 8.78. The maximum absolute atomic E-state index is 9.82. The van der Waals surface area contributed by atoms with Gasteiger partial charge in [-0.05, 0) is 31.2 Å². The van der Waals surface area contributed by atoms with Crippen molar-refractivity contribution in [3.8, 4) is 0 Å². The zero-order valence-corrected chi connectivity index (χ0v) is 12.4. The molecule has 2 N–H and O–H groups in total. The van der Waals surface area contributed by atoms with E-state index < -0.39 is 0 Å². The highest BCUT2D eigenvalue weighted by Gasteiger charge is 2.15. The third-order valence-electron chi connectivity index (χ3n) is 3.51. The molecule has 0 aromatic carbocycles. The molecule has 0 aromatic heterocycles. The Balaban J connectivity index is 1.98. The fourth-order valence-corrected chi connectivity index (χ4v) is 2.27. The van der Waals surface area contributed by atoms with Crippen LogP contribution in [0.4, 0.5) is 0 Å². The van der Waals surface area contributed by atoms with Gasteiger partial charge in [0.25, 0.3) is 0 Å². The van der Waals surface area contributed by atoms with E-state index >= 15 is 0 Å². The molecular weight excluding hydrogens is 226 g/mol. The molecule has 0 aliphatic heterocycles. The van der Waals surface area contributed by atoms with E-state index in [1.54, 1.807) is 0 Å². The first kappa shape index (κ1) is 15.9. The van der Waals surface area contributed by atoms with Crippen molar-refractivity contribution in [1.29, 1.82) is 0 Å². The Morgan fingerprint density at radius 1 is 1.22 bits per heavy atom. The van der Waals surface area contributed by atoms with Gasteiger partial charge < -0.3 is 15.2 Å². The number of ether oxygens (including phenoxy) is 1. The molecule has 1 rings (SSSR count). The minimum atomic E-state index is -0.369. The molecule has 0 heterocycles. The molecule has 3 nitrogen and oxygen atoms in total. The summed E-state index contributed by atoms with van der Waals surface area (Å²) in [6.07, 6.45) is 7.40. The smallest absolute Gasteiger partial charge is 0.0897 e. The number of nitrogens with one attached hydrogen (secondary N) is 1. The molecule has 18 heavy (non-hydrogen) atoms. The van der Waals surface area contributed by atoms with Crippen LogP contribution in [0.3, 0.4) is 0 Å². The summed E-state index contributed by atoms with van der Waals surface area (Å²) in [5.74, 6) is 0. The van der Waals surface area contributed by atoms with Crippen molar-refractivity contribution in [1.82, 2.24) is 5.32 Å². The van der Waals surface area contributed by atoms with E-state index in [0.29, 0.717) is 24.7 Å². The Hall–Kier alpha value is -0.120. The fraction of sp³-hybridized carbons (Fsp3) is 1.00. The Morgan fingerprint density at radius 3 is 2.50 bits per heavy atom. The number of aliphatic hydroxyl groups is 1. The van der Waals surface area contributed by atoms with Crippen molar-refractivity contribution < 1.29 is 9.84 Å². The predicted octanol–water partition coefficient (Wildman–Crippen LogP) is 2.72. The molecule has 1 aliphatic rings. The van der Waals surface area contributed by atoms with E-state index in [1.165, 1.54) is 32.1 Å². The van der Waals surface area contributed by atoms with Crippen LogP contribution in [0.25, 0.3) is 0 Å². The second kappa shape index (κ2) is 8.13. The summed E-state index contributed by atoms with van der Waals surface area (Å²) >= 11 is 0. The van der Waals surface area contributed by atoms with Crippen LogP contribution in [0.1, 0.15) is 59.3 Å². The quantitative estimate of drug-likeness (QED) is 0.689. The van der Waals surface area contributed by atoms with Gasteiger partial charge in [-0.2, -0.15) is 0 Å². The number of aliphatic hydroxyl groups excluding tert-OH is 1. The Morgan fingerprint density at radius 2 is 1.89 bits per heavy atom. The average molecular weight is 257 g/mol. The lowest BCUT2D eigenvalue weighted by Crippen LogP contribution is -2.33. The summed E-state index contributed by atoms with van der Waals surface area (Å²) in [7, 11) is 0. The summed E-state index contributed by atoms with van der Waals surface area (Å²) < 4.78 is 5.75. The van der Waals surface area contributed by atoms with Crippen molar-refractivity contribution in [2.75, 3.05) is 19.7 Å². The van der Waals surface area contributed by atoms with Gasteiger partial charge in [0.1, 0.15) is 0 Å². The lowest BCUT2D eigenvalue weighted by molar-refractivity contribution is -0.0230. The molecule has 0 radical (unpaired) electrons. The molecule has 0 bridgehead atoms. The highest BCUT2D eigenvalue weighted by Crippen LogP contribution is 2.20. The van der Waals surface area contributed by atoms with E-state index in [-0.39, 0.29) is 6.10 Å². The van der Waals surface area contributed by atoms with Crippen LogP contribution in [0.15, 0.2) is 0 Å². The van der Waals surface area contributed by atoms with Gasteiger partial charge in [0.15, 0.2) is 0 Å². The van der Waals surface area contributed by atoms with Crippen molar-refractivity contribution in [3.05, 3.63) is 0 Å². The fourth-order valence-electron chi connectivity index (χ4n) is 2.27. The zero-order valence-electron chi connectivity index (χ0n) is 12.4. The lowest BCUT2D eigenvalue weighted by atomic mass is 9.92. The molecule has 0 saturated heterocycles. The Kier molecular flexibility index (Phi) is 7.20. The second-order valence-corrected chi connectivity index (χ2v) is 6.76.